The van der Waals surface area contributed by atoms with E-state index in [1.54, 1.807) is 22.7 Å². The van der Waals surface area contributed by atoms with Crippen LogP contribution in [-0.4, -0.2) is 51.2 Å². The standard InChI is InChI=1S/C13H15N5O3.C4H8.3C2H6/c1-3-9-8(6-14-17(9)2)10(19)18-5-4-13(7-18)11(20)15-12(21)16-13;1-3-4-2;3*1-2/h3,6H,1,4-5,7H2,2H3,(H2,15,16,20,21);3H,1,4H2,2H3;3*1-2H3. The monoisotopic (exact) mass is 435 g/mol. The molecule has 2 aliphatic rings. The Labute approximate surface area is 187 Å². The van der Waals surface area contributed by atoms with E-state index in [9.17, 15) is 14.4 Å². The molecule has 0 saturated carbocycles. The normalized spacial score (nSPS) is 17.9. The van der Waals surface area contributed by atoms with Crippen molar-refractivity contribution in [2.75, 3.05) is 13.1 Å². The number of rotatable bonds is 3. The first-order valence-electron chi connectivity index (χ1n) is 11.1. The number of nitrogens with one attached hydrogen (secondary N) is 2. The number of carbonyl (C=O) groups excluding carboxylic acids is 3. The van der Waals surface area contributed by atoms with Crippen molar-refractivity contribution in [1.29, 1.82) is 0 Å². The maximum Gasteiger partial charge on any atom is 0.322 e. The van der Waals surface area contributed by atoms with E-state index in [1.165, 1.54) is 6.20 Å². The SMILES string of the molecule is C=CCC.C=Cc1c(C(=O)N2CCC3(C2)NC(=O)NC3=O)cnn1C.CC.CC.CC. The number of aryl methyl sites for hydroxylation is 1. The van der Waals surface area contributed by atoms with E-state index in [0.717, 1.165) is 6.42 Å². The van der Waals surface area contributed by atoms with Crippen LogP contribution in [0, 0.1) is 0 Å². The summed E-state index contributed by atoms with van der Waals surface area (Å²) in [6.45, 7) is 21.8. The quantitative estimate of drug-likeness (QED) is 0.551. The third-order valence-corrected chi connectivity index (χ3v) is 4.27. The van der Waals surface area contributed by atoms with E-state index in [1.807, 2.05) is 47.6 Å². The van der Waals surface area contributed by atoms with Gasteiger partial charge in [0.25, 0.3) is 11.8 Å². The van der Waals surface area contributed by atoms with Crippen molar-refractivity contribution in [3.63, 3.8) is 0 Å². The topological polar surface area (TPSA) is 96.3 Å². The molecule has 1 unspecified atom stereocenters. The van der Waals surface area contributed by atoms with Gasteiger partial charge in [0.05, 0.1) is 24.0 Å². The van der Waals surface area contributed by atoms with Crippen molar-refractivity contribution < 1.29 is 14.4 Å². The first-order chi connectivity index (χ1) is 14.9. The number of carbonyl (C=O) groups is 3. The first kappa shape index (κ1) is 30.3. The van der Waals surface area contributed by atoms with Gasteiger partial charge in [-0.3, -0.25) is 19.6 Å². The highest BCUT2D eigenvalue weighted by atomic mass is 16.2. The number of hydrogen-bond acceptors (Lipinski definition) is 4. The molecular formula is C23H41N5O3. The van der Waals surface area contributed by atoms with E-state index in [2.05, 4.69) is 35.8 Å². The van der Waals surface area contributed by atoms with Gasteiger partial charge < -0.3 is 10.2 Å². The van der Waals surface area contributed by atoms with Crippen molar-refractivity contribution in [1.82, 2.24) is 25.3 Å². The van der Waals surface area contributed by atoms with Crippen LogP contribution in [0.2, 0.25) is 0 Å². The highest BCUT2D eigenvalue weighted by Gasteiger charge is 2.51. The van der Waals surface area contributed by atoms with E-state index < -0.39 is 11.6 Å². The fourth-order valence-electron chi connectivity index (χ4n) is 2.82. The van der Waals surface area contributed by atoms with Crippen LogP contribution in [-0.2, 0) is 11.8 Å². The van der Waals surface area contributed by atoms with Crippen LogP contribution in [0.1, 0.15) is 77.4 Å². The average Bonchev–Trinajstić information content (AvgIpc) is 3.49. The first-order valence-corrected chi connectivity index (χ1v) is 11.1. The highest BCUT2D eigenvalue weighted by molar-refractivity contribution is 6.08. The molecule has 8 nitrogen and oxygen atoms in total. The second kappa shape index (κ2) is 15.9. The van der Waals surface area contributed by atoms with Crippen molar-refractivity contribution in [2.45, 2.75) is 66.8 Å². The molecule has 1 spiro atoms. The fraction of sp³-hybridized carbons (Fsp3) is 0.565. The zero-order valence-electron chi connectivity index (χ0n) is 20.5. The molecule has 176 valence electrons. The van der Waals surface area contributed by atoms with Crippen LogP contribution in [0.5, 0.6) is 0 Å². The summed E-state index contributed by atoms with van der Waals surface area (Å²) < 4.78 is 1.57. The molecule has 1 aromatic heterocycles. The number of likely N-dealkylation sites (tertiary alicyclic amines) is 1. The number of allylic oxidation sites excluding steroid dienone is 1. The van der Waals surface area contributed by atoms with Crippen molar-refractivity contribution in [3.05, 3.63) is 36.7 Å². The van der Waals surface area contributed by atoms with E-state index >= 15 is 0 Å². The molecule has 0 bridgehead atoms. The lowest BCUT2D eigenvalue weighted by atomic mass is 9.99. The summed E-state index contributed by atoms with van der Waals surface area (Å²) >= 11 is 0. The van der Waals surface area contributed by atoms with Gasteiger partial charge in [-0.25, -0.2) is 4.79 Å². The molecule has 3 heterocycles. The summed E-state index contributed by atoms with van der Waals surface area (Å²) in [6, 6.07) is -0.512. The summed E-state index contributed by atoms with van der Waals surface area (Å²) in [7, 11) is 1.73. The van der Waals surface area contributed by atoms with Crippen LogP contribution in [0.3, 0.4) is 0 Å². The lowest BCUT2D eigenvalue weighted by molar-refractivity contribution is -0.123. The predicted octanol–water partition coefficient (Wildman–Crippen LogP) is 4.15. The highest BCUT2D eigenvalue weighted by Crippen LogP contribution is 2.26. The van der Waals surface area contributed by atoms with Gasteiger partial charge in [0, 0.05) is 13.6 Å². The van der Waals surface area contributed by atoms with Crippen LogP contribution in [0.15, 0.2) is 25.4 Å². The van der Waals surface area contributed by atoms with Crippen LogP contribution in [0.4, 0.5) is 4.79 Å². The Bertz CT molecular complexity index is 727. The van der Waals surface area contributed by atoms with Crippen molar-refractivity contribution in [3.8, 4) is 0 Å². The molecule has 31 heavy (non-hydrogen) atoms. The minimum absolute atomic E-state index is 0.162. The molecular weight excluding hydrogens is 394 g/mol. The lowest BCUT2D eigenvalue weighted by Crippen LogP contribution is -2.49. The van der Waals surface area contributed by atoms with E-state index in [-0.39, 0.29) is 18.4 Å². The Morgan fingerprint density at radius 1 is 1.19 bits per heavy atom. The maximum absolute atomic E-state index is 12.5. The molecule has 8 heteroatoms. The van der Waals surface area contributed by atoms with E-state index in [0.29, 0.717) is 24.2 Å². The molecule has 2 aliphatic heterocycles. The number of aromatic nitrogens is 2. The summed E-state index contributed by atoms with van der Waals surface area (Å²) in [4.78, 5) is 37.3. The Kier molecular flexibility index (Phi) is 15.5. The molecule has 0 aromatic carbocycles. The minimum atomic E-state index is -0.997. The Balaban J connectivity index is 0. The van der Waals surface area contributed by atoms with Gasteiger partial charge in [-0.1, -0.05) is 61.1 Å². The lowest BCUT2D eigenvalue weighted by Gasteiger charge is -2.21. The molecule has 0 aliphatic carbocycles. The molecule has 2 N–H and O–H groups in total. The van der Waals surface area contributed by atoms with Gasteiger partial charge in [-0.05, 0) is 18.9 Å². The molecule has 1 atom stereocenters. The van der Waals surface area contributed by atoms with Gasteiger partial charge in [0.2, 0.25) is 0 Å². The fourth-order valence-corrected chi connectivity index (χ4v) is 2.82. The molecule has 2 saturated heterocycles. The summed E-state index contributed by atoms with van der Waals surface area (Å²) in [5.41, 5.74) is 0.0682. The van der Waals surface area contributed by atoms with Gasteiger partial charge in [0.1, 0.15) is 5.54 Å². The number of nitrogens with zero attached hydrogens (tertiary/aromatic N) is 3. The minimum Gasteiger partial charge on any atom is -0.336 e. The molecule has 2 fully saturated rings. The molecule has 0 radical (unpaired) electrons. The summed E-state index contributed by atoms with van der Waals surface area (Å²) in [6.07, 6.45) is 6.41. The van der Waals surface area contributed by atoms with Gasteiger partial charge in [0.15, 0.2) is 0 Å². The van der Waals surface area contributed by atoms with Crippen molar-refractivity contribution >= 4 is 23.9 Å². The summed E-state index contributed by atoms with van der Waals surface area (Å²) in [5.74, 6) is -0.596. The second-order valence-electron chi connectivity index (χ2n) is 5.94. The number of amides is 4. The Morgan fingerprint density at radius 2 is 1.74 bits per heavy atom. The average molecular weight is 436 g/mol. The number of imide groups is 1. The van der Waals surface area contributed by atoms with Crippen LogP contribution >= 0.6 is 0 Å². The zero-order chi connectivity index (χ0) is 24.6. The molecule has 3 rings (SSSR count). The van der Waals surface area contributed by atoms with Crippen molar-refractivity contribution in [2.24, 2.45) is 7.05 Å². The third kappa shape index (κ3) is 7.70. The molecule has 4 amide bonds. The predicted molar refractivity (Wildman–Crippen MR) is 128 cm³/mol. The number of hydrogen-bond donors (Lipinski definition) is 2. The van der Waals surface area contributed by atoms with Crippen LogP contribution < -0.4 is 10.6 Å². The maximum atomic E-state index is 12.5. The zero-order valence-corrected chi connectivity index (χ0v) is 20.5. The Hall–Kier alpha value is -2.90. The van der Waals surface area contributed by atoms with Gasteiger partial charge >= 0.3 is 6.03 Å². The smallest absolute Gasteiger partial charge is 0.322 e. The van der Waals surface area contributed by atoms with Gasteiger partial charge in [-0.15, -0.1) is 6.58 Å². The second-order valence-corrected chi connectivity index (χ2v) is 5.94. The van der Waals surface area contributed by atoms with E-state index in [4.69, 9.17) is 0 Å². The van der Waals surface area contributed by atoms with Gasteiger partial charge in [-0.2, -0.15) is 5.10 Å². The largest absolute Gasteiger partial charge is 0.336 e. The molecule has 1 aromatic rings. The number of urea groups is 1. The Morgan fingerprint density at radius 3 is 2.16 bits per heavy atom. The van der Waals surface area contributed by atoms with Crippen LogP contribution in [0.25, 0.3) is 6.08 Å². The summed E-state index contributed by atoms with van der Waals surface area (Å²) in [5, 5.41) is 8.88. The third-order valence-electron chi connectivity index (χ3n) is 4.27.